The molecule has 0 bridgehead atoms. The van der Waals surface area contributed by atoms with Gasteiger partial charge in [0.2, 0.25) is 0 Å². The van der Waals surface area contributed by atoms with Crippen LogP contribution in [0.25, 0.3) is 0 Å². The Labute approximate surface area is 134 Å². The molecule has 2 aromatic heterocycles. The first-order valence-electron chi connectivity index (χ1n) is 7.89. The van der Waals surface area contributed by atoms with Crippen LogP contribution >= 0.6 is 0 Å². The molecule has 1 aliphatic heterocycles. The van der Waals surface area contributed by atoms with Crippen molar-refractivity contribution in [3.63, 3.8) is 0 Å². The molecule has 1 saturated heterocycles. The summed E-state index contributed by atoms with van der Waals surface area (Å²) in [4.78, 5) is 8.89. The van der Waals surface area contributed by atoms with Crippen LogP contribution in [0.3, 0.4) is 0 Å². The topological polar surface area (TPSA) is 57.8 Å². The highest BCUT2D eigenvalue weighted by molar-refractivity contribution is 5.15. The van der Waals surface area contributed by atoms with Crippen LogP contribution in [0.4, 0.5) is 0 Å². The zero-order valence-corrected chi connectivity index (χ0v) is 12.9. The molecule has 0 amide bonds. The number of aromatic nitrogens is 5. The lowest BCUT2D eigenvalue weighted by Crippen LogP contribution is -2.10. The number of hydrogen-bond donors (Lipinski definition) is 0. The van der Waals surface area contributed by atoms with Crippen molar-refractivity contribution in [1.29, 1.82) is 0 Å². The molecule has 1 atom stereocenters. The average molecular weight is 309 g/mol. The van der Waals surface area contributed by atoms with Gasteiger partial charge in [0, 0.05) is 24.9 Å². The van der Waals surface area contributed by atoms with Gasteiger partial charge in [0.1, 0.15) is 5.82 Å². The molecule has 1 aromatic carbocycles. The second-order valence-corrected chi connectivity index (χ2v) is 5.83. The van der Waals surface area contributed by atoms with E-state index in [0.717, 1.165) is 37.8 Å². The summed E-state index contributed by atoms with van der Waals surface area (Å²) < 4.78 is 9.50. The molecule has 0 radical (unpaired) electrons. The quantitative estimate of drug-likeness (QED) is 0.724. The SMILES string of the molecule is c1ccc(Cn2nc([C@H]3CCOC3)nc2Cn2ccnc2)cc1. The summed E-state index contributed by atoms with van der Waals surface area (Å²) in [5.74, 6) is 2.16. The van der Waals surface area contributed by atoms with Gasteiger partial charge in [0.15, 0.2) is 5.82 Å². The van der Waals surface area contributed by atoms with Gasteiger partial charge >= 0.3 is 0 Å². The first kappa shape index (κ1) is 14.1. The van der Waals surface area contributed by atoms with Crippen molar-refractivity contribution in [1.82, 2.24) is 24.3 Å². The van der Waals surface area contributed by atoms with Crippen LogP contribution in [0.1, 0.15) is 29.6 Å². The third-order valence-electron chi connectivity index (χ3n) is 4.12. The van der Waals surface area contributed by atoms with E-state index in [4.69, 9.17) is 14.8 Å². The van der Waals surface area contributed by atoms with Crippen molar-refractivity contribution in [2.45, 2.75) is 25.4 Å². The molecule has 0 aliphatic carbocycles. The van der Waals surface area contributed by atoms with E-state index in [1.165, 1.54) is 5.56 Å². The van der Waals surface area contributed by atoms with Crippen LogP contribution in [-0.2, 0) is 17.8 Å². The Kier molecular flexibility index (Phi) is 3.90. The molecule has 0 unspecified atom stereocenters. The van der Waals surface area contributed by atoms with E-state index in [9.17, 15) is 0 Å². The fraction of sp³-hybridized carbons (Fsp3) is 0.353. The standard InChI is InChI=1S/C17H19N5O/c1-2-4-14(5-3-1)10-22-16(11-21-8-7-18-13-21)19-17(20-22)15-6-9-23-12-15/h1-5,7-8,13,15H,6,9-12H2/t15-/m0/s1. The average Bonchev–Trinajstić information content (AvgIpc) is 3.31. The van der Waals surface area contributed by atoms with Crippen molar-refractivity contribution in [3.8, 4) is 0 Å². The molecule has 0 N–H and O–H groups in total. The van der Waals surface area contributed by atoms with Crippen molar-refractivity contribution in [3.05, 3.63) is 66.3 Å². The Morgan fingerprint density at radius 2 is 2.09 bits per heavy atom. The zero-order valence-electron chi connectivity index (χ0n) is 12.9. The first-order chi connectivity index (χ1) is 11.4. The number of imidazole rings is 1. The molecule has 1 aliphatic rings. The summed E-state index contributed by atoms with van der Waals surface area (Å²) in [7, 11) is 0. The highest BCUT2D eigenvalue weighted by Crippen LogP contribution is 2.23. The lowest BCUT2D eigenvalue weighted by atomic mass is 10.1. The van der Waals surface area contributed by atoms with Crippen LogP contribution in [0, 0.1) is 0 Å². The maximum atomic E-state index is 5.48. The molecule has 1 fully saturated rings. The van der Waals surface area contributed by atoms with E-state index < -0.39 is 0 Å². The van der Waals surface area contributed by atoms with Crippen molar-refractivity contribution >= 4 is 0 Å². The first-order valence-corrected chi connectivity index (χ1v) is 7.89. The molecular formula is C17H19N5O. The minimum Gasteiger partial charge on any atom is -0.381 e. The van der Waals surface area contributed by atoms with Gasteiger partial charge in [-0.3, -0.25) is 0 Å². The molecule has 6 heteroatoms. The van der Waals surface area contributed by atoms with Gasteiger partial charge in [-0.1, -0.05) is 30.3 Å². The highest BCUT2D eigenvalue weighted by Gasteiger charge is 2.23. The largest absolute Gasteiger partial charge is 0.381 e. The van der Waals surface area contributed by atoms with Gasteiger partial charge in [-0.15, -0.1) is 0 Å². The fourth-order valence-electron chi connectivity index (χ4n) is 2.85. The lowest BCUT2D eigenvalue weighted by Gasteiger charge is -2.06. The van der Waals surface area contributed by atoms with Crippen LogP contribution in [0.5, 0.6) is 0 Å². The Balaban J connectivity index is 1.63. The summed E-state index contributed by atoms with van der Waals surface area (Å²) in [5.41, 5.74) is 1.22. The number of hydrogen-bond acceptors (Lipinski definition) is 4. The highest BCUT2D eigenvalue weighted by atomic mass is 16.5. The predicted molar refractivity (Wildman–Crippen MR) is 85.1 cm³/mol. The molecule has 118 valence electrons. The van der Waals surface area contributed by atoms with E-state index in [2.05, 4.69) is 17.1 Å². The predicted octanol–water partition coefficient (Wildman–Crippen LogP) is 2.08. The molecule has 23 heavy (non-hydrogen) atoms. The summed E-state index contributed by atoms with van der Waals surface area (Å²) in [6.07, 6.45) is 6.53. The van der Waals surface area contributed by atoms with Crippen LogP contribution < -0.4 is 0 Å². The van der Waals surface area contributed by atoms with Crippen LogP contribution in [0.15, 0.2) is 49.1 Å². The smallest absolute Gasteiger partial charge is 0.156 e. The monoisotopic (exact) mass is 309 g/mol. The van der Waals surface area contributed by atoms with Crippen molar-refractivity contribution in [2.24, 2.45) is 0 Å². The van der Waals surface area contributed by atoms with E-state index >= 15 is 0 Å². The minimum absolute atomic E-state index is 0.313. The van der Waals surface area contributed by atoms with Gasteiger partial charge in [0.25, 0.3) is 0 Å². The summed E-state index contributed by atoms with van der Waals surface area (Å²) in [5, 5.41) is 4.76. The third-order valence-corrected chi connectivity index (χ3v) is 4.12. The Hall–Kier alpha value is -2.47. The van der Waals surface area contributed by atoms with E-state index in [-0.39, 0.29) is 0 Å². The van der Waals surface area contributed by atoms with Crippen LogP contribution in [0.2, 0.25) is 0 Å². The molecule has 3 heterocycles. The van der Waals surface area contributed by atoms with Crippen LogP contribution in [-0.4, -0.2) is 37.5 Å². The molecule has 4 rings (SSSR count). The maximum Gasteiger partial charge on any atom is 0.156 e. The van der Waals surface area contributed by atoms with Gasteiger partial charge in [-0.05, 0) is 12.0 Å². The maximum absolute atomic E-state index is 5.48. The summed E-state index contributed by atoms with van der Waals surface area (Å²) in [6, 6.07) is 10.3. The zero-order chi connectivity index (χ0) is 15.5. The summed E-state index contributed by atoms with van der Waals surface area (Å²) >= 11 is 0. The normalized spacial score (nSPS) is 17.7. The van der Waals surface area contributed by atoms with Crippen molar-refractivity contribution in [2.75, 3.05) is 13.2 Å². The van der Waals surface area contributed by atoms with E-state index in [1.54, 1.807) is 12.5 Å². The molecule has 3 aromatic rings. The number of rotatable bonds is 5. The Morgan fingerprint density at radius 1 is 1.17 bits per heavy atom. The second-order valence-electron chi connectivity index (χ2n) is 5.83. The lowest BCUT2D eigenvalue weighted by molar-refractivity contribution is 0.193. The van der Waals surface area contributed by atoms with Gasteiger partial charge in [0.05, 0.1) is 26.0 Å². The number of nitrogens with zero attached hydrogens (tertiary/aromatic N) is 5. The summed E-state index contributed by atoms with van der Waals surface area (Å²) in [6.45, 7) is 2.92. The Bertz CT molecular complexity index is 745. The number of benzene rings is 1. The van der Waals surface area contributed by atoms with Gasteiger partial charge in [-0.2, -0.15) is 5.10 Å². The molecular weight excluding hydrogens is 290 g/mol. The van der Waals surface area contributed by atoms with Crippen molar-refractivity contribution < 1.29 is 4.74 Å². The molecule has 0 spiro atoms. The molecule has 0 saturated carbocycles. The van der Waals surface area contributed by atoms with E-state index in [1.807, 2.05) is 33.6 Å². The fourth-order valence-corrected chi connectivity index (χ4v) is 2.85. The van der Waals surface area contributed by atoms with E-state index in [0.29, 0.717) is 12.5 Å². The number of ether oxygens (including phenoxy) is 1. The Morgan fingerprint density at radius 3 is 2.83 bits per heavy atom. The third kappa shape index (κ3) is 3.17. The molecule has 6 nitrogen and oxygen atoms in total. The minimum atomic E-state index is 0.313. The van der Waals surface area contributed by atoms with Gasteiger partial charge in [-0.25, -0.2) is 14.6 Å². The van der Waals surface area contributed by atoms with Gasteiger partial charge < -0.3 is 9.30 Å². The second kappa shape index (κ2) is 6.34.